The topological polar surface area (TPSA) is 109 Å². The third-order valence-corrected chi connectivity index (χ3v) is 5.97. The number of likely N-dealkylation sites (tertiary alicyclic amines) is 1. The first-order valence-corrected chi connectivity index (χ1v) is 11.2. The molecule has 0 bridgehead atoms. The van der Waals surface area contributed by atoms with Gasteiger partial charge in [0, 0.05) is 30.9 Å². The number of aromatic amines is 1. The van der Waals surface area contributed by atoms with Crippen LogP contribution >= 0.6 is 11.8 Å². The van der Waals surface area contributed by atoms with Crippen LogP contribution in [-0.2, 0) is 9.53 Å². The van der Waals surface area contributed by atoms with Gasteiger partial charge in [-0.2, -0.15) is 0 Å². The lowest BCUT2D eigenvalue weighted by atomic mass is 10.1. The van der Waals surface area contributed by atoms with Crippen LogP contribution < -0.4 is 10.9 Å². The van der Waals surface area contributed by atoms with Gasteiger partial charge in [0.2, 0.25) is 5.91 Å². The number of amides is 2. The molecule has 2 amide bonds. The van der Waals surface area contributed by atoms with E-state index < -0.39 is 0 Å². The van der Waals surface area contributed by atoms with E-state index in [9.17, 15) is 14.4 Å². The molecule has 0 atom stereocenters. The summed E-state index contributed by atoms with van der Waals surface area (Å²) in [6, 6.07) is 1.79. The number of carbonyl (C=O) groups excluding carboxylic acids is 2. The van der Waals surface area contributed by atoms with Gasteiger partial charge in [0.25, 0.3) is 5.56 Å². The predicted octanol–water partition coefficient (Wildman–Crippen LogP) is 2.44. The first-order valence-electron chi connectivity index (χ1n) is 10.3. The maximum Gasteiger partial charge on any atom is 0.409 e. The Balaban J connectivity index is 1.60. The molecule has 3 rings (SSSR count). The highest BCUT2D eigenvalue weighted by molar-refractivity contribution is 7.99. The first-order chi connectivity index (χ1) is 14.3. The number of nitrogens with one attached hydrogen (secondary N) is 2. The van der Waals surface area contributed by atoms with Crippen LogP contribution in [0.1, 0.15) is 45.3 Å². The number of aryl methyl sites for hydroxylation is 1. The van der Waals surface area contributed by atoms with Crippen LogP contribution in [0, 0.1) is 6.92 Å². The van der Waals surface area contributed by atoms with Crippen LogP contribution in [0.3, 0.4) is 0 Å². The van der Waals surface area contributed by atoms with Crippen molar-refractivity contribution in [2.45, 2.75) is 57.8 Å². The van der Waals surface area contributed by atoms with Gasteiger partial charge in [-0.25, -0.2) is 9.78 Å². The lowest BCUT2D eigenvalue weighted by Gasteiger charge is -2.31. The molecular formula is C20H29N5O4S. The SMILES string of the molecule is CCOC(=O)N1CCC(NC(=O)CSc2nc3cc(C)[nH]c3c(=O)n2C(C)C)CC1. The van der Waals surface area contributed by atoms with Crippen molar-refractivity contribution in [2.24, 2.45) is 0 Å². The summed E-state index contributed by atoms with van der Waals surface area (Å²) in [5.74, 6) is 0.0658. The number of piperidine rings is 1. The predicted molar refractivity (Wildman–Crippen MR) is 116 cm³/mol. The van der Waals surface area contributed by atoms with E-state index in [1.807, 2.05) is 26.8 Å². The molecule has 2 N–H and O–H groups in total. The van der Waals surface area contributed by atoms with Crippen molar-refractivity contribution >= 4 is 34.8 Å². The average molecular weight is 436 g/mol. The van der Waals surface area contributed by atoms with E-state index in [1.54, 1.807) is 16.4 Å². The van der Waals surface area contributed by atoms with Crippen molar-refractivity contribution in [1.29, 1.82) is 0 Å². The average Bonchev–Trinajstić information content (AvgIpc) is 3.07. The van der Waals surface area contributed by atoms with Gasteiger partial charge in [-0.1, -0.05) is 11.8 Å². The molecule has 2 aromatic rings. The van der Waals surface area contributed by atoms with E-state index >= 15 is 0 Å². The number of nitrogens with zero attached hydrogens (tertiary/aromatic N) is 3. The minimum Gasteiger partial charge on any atom is -0.450 e. The third-order valence-electron chi connectivity index (χ3n) is 5.02. The summed E-state index contributed by atoms with van der Waals surface area (Å²) in [5.41, 5.74) is 1.85. The second-order valence-electron chi connectivity index (χ2n) is 7.69. The summed E-state index contributed by atoms with van der Waals surface area (Å²) in [5, 5.41) is 3.56. The van der Waals surface area contributed by atoms with Crippen LogP contribution in [0.2, 0.25) is 0 Å². The molecule has 1 saturated heterocycles. The van der Waals surface area contributed by atoms with Crippen LogP contribution in [0.4, 0.5) is 4.79 Å². The number of aromatic nitrogens is 3. The first kappa shape index (κ1) is 22.2. The molecule has 9 nitrogen and oxygen atoms in total. The molecule has 0 spiro atoms. The lowest BCUT2D eigenvalue weighted by molar-refractivity contribution is -0.119. The number of thioether (sulfide) groups is 1. The number of hydrogen-bond acceptors (Lipinski definition) is 6. The Morgan fingerprint density at radius 3 is 2.70 bits per heavy atom. The van der Waals surface area contributed by atoms with Crippen molar-refractivity contribution in [3.05, 3.63) is 22.1 Å². The minimum atomic E-state index is -0.300. The summed E-state index contributed by atoms with van der Waals surface area (Å²) in [6.45, 7) is 9.00. The fourth-order valence-corrected chi connectivity index (χ4v) is 4.51. The molecule has 0 aliphatic carbocycles. The summed E-state index contributed by atoms with van der Waals surface area (Å²) in [4.78, 5) is 46.4. The molecule has 30 heavy (non-hydrogen) atoms. The van der Waals surface area contributed by atoms with Crippen molar-refractivity contribution in [3.63, 3.8) is 0 Å². The summed E-state index contributed by atoms with van der Waals surface area (Å²) < 4.78 is 6.64. The fraction of sp³-hybridized carbons (Fsp3) is 0.600. The smallest absolute Gasteiger partial charge is 0.409 e. The molecule has 3 heterocycles. The summed E-state index contributed by atoms with van der Waals surface area (Å²) >= 11 is 1.26. The number of rotatable bonds is 6. The van der Waals surface area contributed by atoms with E-state index in [-0.39, 0.29) is 35.4 Å². The molecule has 0 aromatic carbocycles. The molecule has 0 saturated carbocycles. The Morgan fingerprint density at radius 2 is 2.07 bits per heavy atom. The summed E-state index contributed by atoms with van der Waals surface area (Å²) in [7, 11) is 0. The van der Waals surface area contributed by atoms with Gasteiger partial charge in [-0.3, -0.25) is 14.2 Å². The van der Waals surface area contributed by atoms with E-state index in [1.165, 1.54) is 11.8 Å². The molecule has 0 unspecified atom stereocenters. The van der Waals surface area contributed by atoms with Gasteiger partial charge in [-0.15, -0.1) is 0 Å². The third kappa shape index (κ3) is 4.97. The molecule has 1 aliphatic rings. The molecule has 10 heteroatoms. The molecule has 1 aliphatic heterocycles. The van der Waals surface area contributed by atoms with Crippen LogP contribution in [0.5, 0.6) is 0 Å². The van der Waals surface area contributed by atoms with Gasteiger partial charge in [-0.05, 0) is 46.6 Å². The highest BCUT2D eigenvalue weighted by Crippen LogP contribution is 2.21. The highest BCUT2D eigenvalue weighted by Gasteiger charge is 2.25. The molecule has 1 fully saturated rings. The molecule has 2 aromatic heterocycles. The zero-order valence-electron chi connectivity index (χ0n) is 17.9. The standard InChI is InChI=1S/C20H29N5O4S/c1-5-29-20(28)24-8-6-14(7-9-24)22-16(26)11-30-19-23-15-10-13(4)21-17(15)18(27)25(19)12(2)3/h10,12,14,21H,5-9,11H2,1-4H3,(H,22,26). The monoisotopic (exact) mass is 435 g/mol. The van der Waals surface area contributed by atoms with Crippen LogP contribution in [0.15, 0.2) is 16.0 Å². The van der Waals surface area contributed by atoms with E-state index in [0.717, 1.165) is 5.69 Å². The summed E-state index contributed by atoms with van der Waals surface area (Å²) in [6.07, 6.45) is 1.09. The number of fused-ring (bicyclic) bond motifs is 1. The Bertz CT molecular complexity index is 975. The van der Waals surface area contributed by atoms with Crippen molar-refractivity contribution in [2.75, 3.05) is 25.4 Å². The maximum atomic E-state index is 12.8. The van der Waals surface area contributed by atoms with Crippen molar-refractivity contribution < 1.29 is 14.3 Å². The number of H-pyrrole nitrogens is 1. The lowest BCUT2D eigenvalue weighted by Crippen LogP contribution is -2.47. The molecular weight excluding hydrogens is 406 g/mol. The van der Waals surface area contributed by atoms with E-state index in [4.69, 9.17) is 4.74 Å². The van der Waals surface area contributed by atoms with Crippen molar-refractivity contribution in [1.82, 2.24) is 24.8 Å². The Hall–Kier alpha value is -2.49. The van der Waals surface area contributed by atoms with Crippen LogP contribution in [0.25, 0.3) is 11.0 Å². The Labute approximate surface area is 179 Å². The quantitative estimate of drug-likeness (QED) is 0.533. The van der Waals surface area contributed by atoms with Crippen molar-refractivity contribution in [3.8, 4) is 0 Å². The second kappa shape index (κ2) is 9.55. The largest absolute Gasteiger partial charge is 0.450 e. The second-order valence-corrected chi connectivity index (χ2v) is 8.63. The zero-order chi connectivity index (χ0) is 21.8. The fourth-order valence-electron chi connectivity index (χ4n) is 3.57. The van der Waals surface area contributed by atoms with Gasteiger partial charge < -0.3 is 19.9 Å². The van der Waals surface area contributed by atoms with Gasteiger partial charge >= 0.3 is 6.09 Å². The minimum absolute atomic E-state index is 0.0267. The normalized spacial score (nSPS) is 15.0. The number of hydrogen-bond donors (Lipinski definition) is 2. The molecule has 164 valence electrons. The van der Waals surface area contributed by atoms with Crippen LogP contribution in [-0.4, -0.2) is 62.9 Å². The molecule has 0 radical (unpaired) electrons. The Kier molecular flexibility index (Phi) is 7.06. The van der Waals surface area contributed by atoms with Gasteiger partial charge in [0.05, 0.1) is 17.9 Å². The van der Waals surface area contributed by atoms with E-state index in [0.29, 0.717) is 48.7 Å². The van der Waals surface area contributed by atoms with E-state index in [2.05, 4.69) is 15.3 Å². The Morgan fingerprint density at radius 1 is 1.37 bits per heavy atom. The highest BCUT2D eigenvalue weighted by atomic mass is 32.2. The van der Waals surface area contributed by atoms with Gasteiger partial charge in [0.1, 0.15) is 5.52 Å². The maximum absolute atomic E-state index is 12.8. The number of ether oxygens (including phenoxy) is 1. The number of carbonyl (C=O) groups is 2. The van der Waals surface area contributed by atoms with Gasteiger partial charge in [0.15, 0.2) is 5.16 Å². The zero-order valence-corrected chi connectivity index (χ0v) is 18.7.